The molecule has 6 heteroatoms. The molecule has 6 rings (SSSR count). The van der Waals surface area contributed by atoms with Crippen LogP contribution in [0.1, 0.15) is 0 Å². The minimum absolute atomic E-state index is 0. The first-order valence-electron chi connectivity index (χ1n) is 18.3. The molecule has 0 amide bonds. The minimum atomic E-state index is -2.01. The van der Waals surface area contributed by atoms with Gasteiger partial charge in [0, 0.05) is 0 Å². The molecule has 0 unspecified atom stereocenters. The molecule has 272 valence electrons. The van der Waals surface area contributed by atoms with Gasteiger partial charge in [-0.1, -0.05) is 172 Å². The second-order valence-corrected chi connectivity index (χ2v) is 44.0. The fraction of sp³-hybridized carbons (Fsp3) is 0.304. The van der Waals surface area contributed by atoms with Gasteiger partial charge in [-0.3, -0.25) is 0 Å². The zero-order chi connectivity index (χ0) is 35.9. The van der Waals surface area contributed by atoms with Crippen molar-refractivity contribution in [3.05, 3.63) is 112 Å². The van der Waals surface area contributed by atoms with E-state index in [9.17, 15) is 0 Å². The second kappa shape index (κ2) is 15.3. The van der Waals surface area contributed by atoms with Gasteiger partial charge in [0.05, 0.1) is 40.4 Å². The maximum Gasteiger partial charge on any atom is 4.00 e. The van der Waals surface area contributed by atoms with Gasteiger partial charge in [-0.15, -0.1) is 68.3 Å². The van der Waals surface area contributed by atoms with Crippen molar-refractivity contribution < 1.29 is 25.8 Å². The molecule has 0 saturated heterocycles. The molecule has 0 fully saturated rings. The summed E-state index contributed by atoms with van der Waals surface area (Å²) in [7, 11) is -7.93. The maximum atomic E-state index is 2.56. The normalized spacial score (nSPS) is 12.7. The maximum absolute atomic E-state index is 2.56. The van der Waals surface area contributed by atoms with Gasteiger partial charge in [-0.2, -0.15) is 12.1 Å². The molecule has 0 N–H and O–H groups in total. The van der Waals surface area contributed by atoms with Crippen LogP contribution in [0.2, 0.25) is 91.7 Å². The molecule has 0 bridgehead atoms. The van der Waals surface area contributed by atoms with Crippen molar-refractivity contribution in [2.75, 3.05) is 0 Å². The fourth-order valence-electron chi connectivity index (χ4n) is 7.16. The van der Waals surface area contributed by atoms with E-state index in [0.29, 0.717) is 0 Å². The average molecular weight is 936 g/mol. The van der Waals surface area contributed by atoms with Gasteiger partial charge >= 0.3 is 25.8 Å². The third-order valence-electron chi connectivity index (χ3n) is 10.9. The molecule has 6 aromatic carbocycles. The summed E-state index contributed by atoms with van der Waals surface area (Å²) in [5.41, 5.74) is 5.59. The van der Waals surface area contributed by atoms with E-state index in [4.69, 9.17) is 0 Å². The summed E-state index contributed by atoms with van der Waals surface area (Å²) in [4.78, 5) is 0. The van der Waals surface area contributed by atoms with Crippen molar-refractivity contribution in [2.45, 2.75) is 91.7 Å². The van der Waals surface area contributed by atoms with Gasteiger partial charge in [0.2, 0.25) is 0 Å². The van der Waals surface area contributed by atoms with Crippen molar-refractivity contribution in [1.82, 2.24) is 0 Å². The van der Waals surface area contributed by atoms with Gasteiger partial charge in [0.1, 0.15) is 0 Å². The summed E-state index contributed by atoms with van der Waals surface area (Å²) in [6, 6.07) is 39.3. The Bertz CT molecular complexity index is 1970. The van der Waals surface area contributed by atoms with Gasteiger partial charge in [0.15, 0.2) is 0 Å². The largest absolute Gasteiger partial charge is 4.00 e. The van der Waals surface area contributed by atoms with E-state index in [0.717, 1.165) is 0 Å². The van der Waals surface area contributed by atoms with Crippen LogP contribution in [-0.2, 0) is 25.8 Å². The minimum Gasteiger partial charge on any atom is -0.358 e. The predicted octanol–water partition coefficient (Wildman–Crippen LogP) is 10.7. The molecule has 0 atom stereocenters. The van der Waals surface area contributed by atoms with E-state index in [1.165, 1.54) is 54.2 Å². The van der Waals surface area contributed by atoms with Gasteiger partial charge in [-0.25, -0.2) is 0 Å². The van der Waals surface area contributed by atoms with Crippen LogP contribution in [0.5, 0.6) is 0 Å². The van der Waals surface area contributed by atoms with Crippen molar-refractivity contribution >= 4 is 93.0 Å². The van der Waals surface area contributed by atoms with Crippen LogP contribution in [0.3, 0.4) is 0 Å². The summed E-state index contributed by atoms with van der Waals surface area (Å²) in [6.07, 6.45) is 0. The van der Waals surface area contributed by atoms with Gasteiger partial charge < -0.3 is 14.9 Å². The SMILES string of the molecule is C[Si](C)(C)c1cc(-c2cccc3[cH-]c([Si](C)(C)c4cc5c(-c6cc([Si](C)(C)C)cc([Si](C)(C)C)c6)cccc5[cH-]4)cc23)cc([Si](C)(C)C)c1.[CH3-].[CH3-].[Hf+4]. The van der Waals surface area contributed by atoms with E-state index in [-0.39, 0.29) is 40.7 Å². The molecule has 0 saturated carbocycles. The number of hydrogen-bond donors (Lipinski definition) is 0. The van der Waals surface area contributed by atoms with Gasteiger partial charge in [-0.05, 0) is 11.1 Å². The molecule has 0 nitrogen and oxygen atoms in total. The van der Waals surface area contributed by atoms with Crippen molar-refractivity contribution in [3.8, 4) is 22.3 Å². The summed E-state index contributed by atoms with van der Waals surface area (Å²) >= 11 is 0. The quantitative estimate of drug-likeness (QED) is 0.105. The second-order valence-electron chi connectivity index (χ2n) is 19.3. The monoisotopic (exact) mass is 936 g/mol. The first-order chi connectivity index (χ1) is 22.5. The van der Waals surface area contributed by atoms with E-state index >= 15 is 0 Å². The Kier molecular flexibility index (Phi) is 13.1. The molecule has 0 aliphatic heterocycles. The van der Waals surface area contributed by atoms with E-state index in [1.807, 2.05) is 0 Å². The first kappa shape index (κ1) is 44.5. The standard InChI is InChI=1S/C44H58Si5.2CH3.Hf/c1-45(2,3)35-23-33(24-36(27-35)46(4,5)6)41-19-15-17-31-21-39(29-43(31)41)49(13,14)40-22-32-18-16-20-42(44(32)30-40)34-25-37(47(7,8)9)28-38(26-34)48(10,11)12;;;/h15-30H,1-14H3;2*1H3;/q-2;2*-1;+4. The van der Waals surface area contributed by atoms with Crippen LogP contribution in [0.15, 0.2) is 97.1 Å². The number of hydrogen-bond acceptors (Lipinski definition) is 0. The average Bonchev–Trinajstić information content (AvgIpc) is 3.65. The predicted molar refractivity (Wildman–Crippen MR) is 251 cm³/mol. The Morgan fingerprint density at radius 3 is 0.942 bits per heavy atom. The van der Waals surface area contributed by atoms with E-state index in [1.54, 1.807) is 20.7 Å². The van der Waals surface area contributed by atoms with Crippen LogP contribution in [0.4, 0.5) is 0 Å². The van der Waals surface area contributed by atoms with Crippen LogP contribution in [-0.4, -0.2) is 40.4 Å². The number of rotatable bonds is 8. The topological polar surface area (TPSA) is 0 Å². The molecule has 0 spiro atoms. The Labute approximate surface area is 342 Å². The van der Waals surface area contributed by atoms with Crippen LogP contribution in [0, 0.1) is 14.9 Å². The van der Waals surface area contributed by atoms with Crippen LogP contribution >= 0.6 is 0 Å². The van der Waals surface area contributed by atoms with Crippen LogP contribution < -0.4 is 31.1 Å². The Hall–Kier alpha value is -1.95. The molecule has 0 aliphatic carbocycles. The summed E-state index contributed by atoms with van der Waals surface area (Å²) in [5, 5.41) is 14.9. The number of benzene rings is 4. The summed E-state index contributed by atoms with van der Waals surface area (Å²) < 4.78 is 0. The molecule has 6 aromatic rings. The first-order valence-corrected chi connectivity index (χ1v) is 35.3. The third-order valence-corrected chi connectivity index (χ3v) is 22.4. The molecular weight excluding hydrogens is 871 g/mol. The van der Waals surface area contributed by atoms with Crippen molar-refractivity contribution in [2.24, 2.45) is 0 Å². The summed E-state index contributed by atoms with van der Waals surface area (Å²) in [6.45, 7) is 34.9. The van der Waals surface area contributed by atoms with Gasteiger partial charge in [0.25, 0.3) is 0 Å². The molecule has 0 aliphatic rings. The fourth-order valence-corrected chi connectivity index (χ4v) is 14.5. The van der Waals surface area contributed by atoms with E-state index < -0.39 is 40.4 Å². The molecule has 0 heterocycles. The smallest absolute Gasteiger partial charge is 0.358 e. The Balaban J connectivity index is 0.00000243. The number of fused-ring (bicyclic) bond motifs is 2. The van der Waals surface area contributed by atoms with Crippen LogP contribution in [0.25, 0.3) is 43.8 Å². The third kappa shape index (κ3) is 8.78. The Morgan fingerprint density at radius 1 is 0.385 bits per heavy atom. The Morgan fingerprint density at radius 2 is 0.673 bits per heavy atom. The zero-order valence-electron chi connectivity index (χ0n) is 35.2. The van der Waals surface area contributed by atoms with Crippen molar-refractivity contribution in [3.63, 3.8) is 0 Å². The van der Waals surface area contributed by atoms with E-state index in [2.05, 4.69) is 189 Å². The molecule has 52 heavy (non-hydrogen) atoms. The zero-order valence-corrected chi connectivity index (χ0v) is 43.8. The summed E-state index contributed by atoms with van der Waals surface area (Å²) in [5.74, 6) is 0. The van der Waals surface area contributed by atoms with Crippen molar-refractivity contribution in [1.29, 1.82) is 0 Å². The molecular formula is C46H64HfSi5. The molecule has 0 aromatic heterocycles. The molecule has 0 radical (unpaired) electrons.